The van der Waals surface area contributed by atoms with Gasteiger partial charge in [0.05, 0.1) is 16.8 Å². The van der Waals surface area contributed by atoms with Crippen molar-refractivity contribution in [1.29, 1.82) is 0 Å². The number of amides is 1. The van der Waals surface area contributed by atoms with Crippen LogP contribution in [-0.2, 0) is 11.3 Å². The normalized spacial score (nSPS) is 10.9. The van der Waals surface area contributed by atoms with E-state index in [0.29, 0.717) is 12.3 Å². The molecule has 1 heterocycles. The van der Waals surface area contributed by atoms with E-state index in [1.807, 2.05) is 36.4 Å². The summed E-state index contributed by atoms with van der Waals surface area (Å²) in [6.07, 6.45) is 0. The molecule has 25 heavy (non-hydrogen) atoms. The summed E-state index contributed by atoms with van der Waals surface area (Å²) >= 11 is 3.24. The second-order valence-corrected chi connectivity index (χ2v) is 7.54. The first-order chi connectivity index (χ1) is 12.3. The first kappa shape index (κ1) is 17.9. The monoisotopic (exact) mass is 371 g/mol. The Balaban J connectivity index is 1.46. The molecule has 130 valence electrons. The lowest BCUT2D eigenvalue weighted by Crippen LogP contribution is -2.27. The number of thioether (sulfide) groups is 2. The van der Waals surface area contributed by atoms with Gasteiger partial charge in [-0.05, 0) is 31.2 Å². The molecule has 4 nitrogen and oxygen atoms in total. The number of carbonyl (C=O) groups is 1. The van der Waals surface area contributed by atoms with Crippen molar-refractivity contribution >= 4 is 40.5 Å². The summed E-state index contributed by atoms with van der Waals surface area (Å²) in [5.74, 6) is 1.31. The first-order valence-corrected chi connectivity index (χ1v) is 10.3. The number of aromatic nitrogens is 2. The molecule has 3 aromatic rings. The van der Waals surface area contributed by atoms with Crippen LogP contribution in [0, 0.1) is 0 Å². The highest BCUT2D eigenvalue weighted by Gasteiger charge is 2.11. The zero-order valence-corrected chi connectivity index (χ0v) is 15.8. The Kier molecular flexibility index (Phi) is 6.42. The number of carbonyl (C=O) groups excluding carboxylic acids is 1. The van der Waals surface area contributed by atoms with Gasteiger partial charge in [-0.2, -0.15) is 0 Å². The fourth-order valence-electron chi connectivity index (χ4n) is 2.53. The zero-order valence-electron chi connectivity index (χ0n) is 14.1. The van der Waals surface area contributed by atoms with Crippen molar-refractivity contribution in [2.24, 2.45) is 0 Å². The molecule has 0 spiro atoms. The number of imidazole rings is 1. The highest BCUT2D eigenvalue weighted by atomic mass is 32.2. The van der Waals surface area contributed by atoms with Crippen LogP contribution >= 0.6 is 23.5 Å². The van der Waals surface area contributed by atoms with Crippen LogP contribution < -0.4 is 5.32 Å². The van der Waals surface area contributed by atoms with E-state index >= 15 is 0 Å². The van der Waals surface area contributed by atoms with Gasteiger partial charge in [-0.15, -0.1) is 11.8 Å². The Morgan fingerprint density at radius 2 is 1.84 bits per heavy atom. The Morgan fingerprint density at radius 3 is 2.64 bits per heavy atom. The van der Waals surface area contributed by atoms with Crippen LogP contribution in [0.4, 0.5) is 0 Å². The molecule has 6 heteroatoms. The second kappa shape index (κ2) is 8.97. The summed E-state index contributed by atoms with van der Waals surface area (Å²) < 4.78 is 2.15. The Morgan fingerprint density at radius 1 is 1.08 bits per heavy atom. The molecule has 1 aromatic heterocycles. The third-order valence-corrected chi connectivity index (χ3v) is 5.69. The van der Waals surface area contributed by atoms with Gasteiger partial charge in [-0.3, -0.25) is 4.79 Å². The van der Waals surface area contributed by atoms with Crippen LogP contribution in [0.2, 0.25) is 0 Å². The summed E-state index contributed by atoms with van der Waals surface area (Å²) in [5.41, 5.74) is 2.10. The van der Waals surface area contributed by atoms with Gasteiger partial charge < -0.3 is 9.88 Å². The maximum Gasteiger partial charge on any atom is 0.230 e. The number of nitrogens with one attached hydrogen (secondary N) is 1. The summed E-state index contributed by atoms with van der Waals surface area (Å²) in [5, 5.41) is 3.88. The average molecular weight is 372 g/mol. The first-order valence-electron chi connectivity index (χ1n) is 8.30. The molecular formula is C19H21N3OS2. The largest absolute Gasteiger partial charge is 0.355 e. The van der Waals surface area contributed by atoms with E-state index in [4.69, 9.17) is 0 Å². The number of nitrogens with zero attached hydrogens (tertiary/aromatic N) is 2. The molecule has 0 unspecified atom stereocenters. The highest BCUT2D eigenvalue weighted by molar-refractivity contribution is 7.99. The van der Waals surface area contributed by atoms with E-state index < -0.39 is 0 Å². The lowest BCUT2D eigenvalue weighted by atomic mass is 10.3. The molecule has 0 saturated carbocycles. The number of aryl methyl sites for hydroxylation is 1. The molecule has 0 aliphatic carbocycles. The number of benzene rings is 2. The van der Waals surface area contributed by atoms with E-state index in [1.54, 1.807) is 11.8 Å². The molecule has 0 aliphatic heterocycles. The lowest BCUT2D eigenvalue weighted by Gasteiger charge is -2.07. The number of hydrogen-bond donors (Lipinski definition) is 1. The van der Waals surface area contributed by atoms with Gasteiger partial charge in [0, 0.05) is 23.7 Å². The van der Waals surface area contributed by atoms with Gasteiger partial charge in [0.2, 0.25) is 5.91 Å². The third kappa shape index (κ3) is 4.80. The van der Waals surface area contributed by atoms with E-state index in [-0.39, 0.29) is 5.91 Å². The van der Waals surface area contributed by atoms with Crippen LogP contribution in [0.25, 0.3) is 11.0 Å². The van der Waals surface area contributed by atoms with Crippen molar-refractivity contribution in [3.63, 3.8) is 0 Å². The van der Waals surface area contributed by atoms with Crippen molar-refractivity contribution < 1.29 is 4.79 Å². The van der Waals surface area contributed by atoms with Crippen molar-refractivity contribution in [2.75, 3.05) is 18.1 Å². The molecule has 0 fully saturated rings. The van der Waals surface area contributed by atoms with Crippen molar-refractivity contribution in [1.82, 2.24) is 14.9 Å². The molecular weight excluding hydrogens is 350 g/mol. The van der Waals surface area contributed by atoms with Crippen LogP contribution in [0.15, 0.2) is 64.6 Å². The molecule has 1 N–H and O–H groups in total. The topological polar surface area (TPSA) is 46.9 Å². The van der Waals surface area contributed by atoms with Crippen LogP contribution in [0.3, 0.4) is 0 Å². The fraction of sp³-hybridized carbons (Fsp3) is 0.263. The summed E-state index contributed by atoms with van der Waals surface area (Å²) in [4.78, 5) is 17.9. The molecule has 3 rings (SSSR count). The van der Waals surface area contributed by atoms with E-state index in [9.17, 15) is 4.79 Å². The SMILES string of the molecule is CCn1c(SCC(=O)NCCSc2ccccc2)nc2ccccc21. The minimum absolute atomic E-state index is 0.0494. The zero-order chi connectivity index (χ0) is 17.5. The van der Waals surface area contributed by atoms with Gasteiger partial charge in [-0.25, -0.2) is 4.98 Å². The second-order valence-electron chi connectivity index (χ2n) is 5.43. The van der Waals surface area contributed by atoms with Crippen LogP contribution in [0.1, 0.15) is 6.92 Å². The van der Waals surface area contributed by atoms with Crippen LogP contribution in [-0.4, -0.2) is 33.5 Å². The van der Waals surface area contributed by atoms with Gasteiger partial charge in [-0.1, -0.05) is 42.1 Å². The molecule has 0 bridgehead atoms. The maximum atomic E-state index is 12.1. The Hall–Kier alpha value is -1.92. The third-order valence-electron chi connectivity index (χ3n) is 3.70. The minimum Gasteiger partial charge on any atom is -0.355 e. The molecule has 0 aliphatic rings. The average Bonchev–Trinajstić information content (AvgIpc) is 3.02. The van der Waals surface area contributed by atoms with E-state index in [1.165, 1.54) is 16.7 Å². The number of rotatable bonds is 8. The Labute approximate surface area is 156 Å². The molecule has 2 aromatic carbocycles. The quantitative estimate of drug-likeness (QED) is 0.479. The lowest BCUT2D eigenvalue weighted by molar-refractivity contribution is -0.118. The van der Waals surface area contributed by atoms with Crippen molar-refractivity contribution in [3.8, 4) is 0 Å². The van der Waals surface area contributed by atoms with Crippen LogP contribution in [0.5, 0.6) is 0 Å². The predicted molar refractivity (Wildman–Crippen MR) is 106 cm³/mol. The predicted octanol–water partition coefficient (Wildman–Crippen LogP) is 4.06. The van der Waals surface area contributed by atoms with E-state index in [2.05, 4.69) is 40.0 Å². The van der Waals surface area contributed by atoms with Crippen molar-refractivity contribution in [3.05, 3.63) is 54.6 Å². The number of fused-ring (bicyclic) bond motifs is 1. The highest BCUT2D eigenvalue weighted by Crippen LogP contribution is 2.23. The van der Waals surface area contributed by atoms with Gasteiger partial charge >= 0.3 is 0 Å². The molecule has 1 amide bonds. The fourth-order valence-corrected chi connectivity index (χ4v) is 4.22. The van der Waals surface area contributed by atoms with Gasteiger partial charge in [0.1, 0.15) is 0 Å². The van der Waals surface area contributed by atoms with Gasteiger partial charge in [0.25, 0.3) is 0 Å². The summed E-state index contributed by atoms with van der Waals surface area (Å²) in [7, 11) is 0. The van der Waals surface area contributed by atoms with E-state index in [0.717, 1.165) is 28.5 Å². The summed E-state index contributed by atoms with van der Waals surface area (Å²) in [6.45, 7) is 3.61. The maximum absolute atomic E-state index is 12.1. The molecule has 0 atom stereocenters. The Bertz CT molecular complexity index is 833. The van der Waals surface area contributed by atoms with Crippen molar-refractivity contribution in [2.45, 2.75) is 23.5 Å². The molecule has 0 radical (unpaired) electrons. The number of hydrogen-bond acceptors (Lipinski definition) is 4. The minimum atomic E-state index is 0.0494. The van der Waals surface area contributed by atoms with Gasteiger partial charge in [0.15, 0.2) is 5.16 Å². The standard InChI is InChI=1S/C19H21N3OS2/c1-2-22-17-11-7-6-10-16(17)21-19(22)25-14-18(23)20-12-13-24-15-8-4-3-5-9-15/h3-11H,2,12-14H2,1H3,(H,20,23). The summed E-state index contributed by atoms with van der Waals surface area (Å²) in [6, 6.07) is 18.3. The number of para-hydroxylation sites is 2. The smallest absolute Gasteiger partial charge is 0.230 e. The molecule has 0 saturated heterocycles.